The Bertz CT molecular complexity index is 750. The van der Waals surface area contributed by atoms with Gasteiger partial charge in [-0.2, -0.15) is 0 Å². The van der Waals surface area contributed by atoms with Crippen LogP contribution in [0.1, 0.15) is 11.1 Å². The van der Waals surface area contributed by atoms with Crippen LogP contribution in [0, 0.1) is 5.82 Å². The van der Waals surface area contributed by atoms with Gasteiger partial charge in [0.05, 0.1) is 0 Å². The number of hydrogen-bond acceptors (Lipinski definition) is 2. The molecule has 0 aromatic heterocycles. The van der Waals surface area contributed by atoms with Gasteiger partial charge in [-0.3, -0.25) is 15.6 Å². The molecule has 7 heteroatoms. The molecule has 124 valence electrons. The predicted molar refractivity (Wildman–Crippen MR) is 100 cm³/mol. The second-order valence-electron chi connectivity index (χ2n) is 4.78. The maximum atomic E-state index is 12.8. The first-order valence-electron chi connectivity index (χ1n) is 7.05. The molecule has 0 aliphatic heterocycles. The number of hydrogen-bond donors (Lipinski definition) is 3. The van der Waals surface area contributed by atoms with E-state index in [0.29, 0.717) is 6.54 Å². The molecule has 24 heavy (non-hydrogen) atoms. The molecule has 0 atom stereocenters. The molecular formula is C17H15BrFN3OS. The van der Waals surface area contributed by atoms with Gasteiger partial charge < -0.3 is 5.32 Å². The fourth-order valence-electron chi connectivity index (χ4n) is 1.76. The average Bonchev–Trinajstić information content (AvgIpc) is 2.58. The lowest BCUT2D eigenvalue weighted by molar-refractivity contribution is -0.116. The highest BCUT2D eigenvalue weighted by molar-refractivity contribution is 9.10. The second kappa shape index (κ2) is 9.14. The Labute approximate surface area is 153 Å². The van der Waals surface area contributed by atoms with Gasteiger partial charge in [-0.1, -0.05) is 46.3 Å². The Hall–Kier alpha value is -2.25. The second-order valence-corrected chi connectivity index (χ2v) is 6.04. The highest BCUT2D eigenvalue weighted by Gasteiger charge is 2.00. The van der Waals surface area contributed by atoms with Crippen molar-refractivity contribution in [3.8, 4) is 0 Å². The molecule has 0 saturated carbocycles. The van der Waals surface area contributed by atoms with E-state index in [1.165, 1.54) is 18.2 Å². The van der Waals surface area contributed by atoms with Crippen molar-refractivity contribution >= 4 is 45.2 Å². The molecule has 0 unspecified atom stereocenters. The standard InChI is InChI=1S/C17H15BrFN3OS/c18-15-4-2-1-3-13(15)7-10-16(23)21-22-17(24)20-11-12-5-8-14(19)9-6-12/h1-10H,11H2,(H,21,23)(H2,20,22,24)/b10-7+. The number of benzene rings is 2. The summed E-state index contributed by atoms with van der Waals surface area (Å²) in [5.74, 6) is -0.625. The summed E-state index contributed by atoms with van der Waals surface area (Å²) in [4.78, 5) is 11.7. The first-order chi connectivity index (χ1) is 11.5. The van der Waals surface area contributed by atoms with Gasteiger partial charge in [-0.15, -0.1) is 0 Å². The Morgan fingerprint density at radius 2 is 1.83 bits per heavy atom. The lowest BCUT2D eigenvalue weighted by atomic mass is 10.2. The lowest BCUT2D eigenvalue weighted by Crippen LogP contribution is -2.45. The van der Waals surface area contributed by atoms with Gasteiger partial charge in [0.2, 0.25) is 0 Å². The van der Waals surface area contributed by atoms with Crippen LogP contribution >= 0.6 is 28.1 Å². The van der Waals surface area contributed by atoms with Gasteiger partial charge in [0, 0.05) is 17.1 Å². The summed E-state index contributed by atoms with van der Waals surface area (Å²) in [6, 6.07) is 13.6. The van der Waals surface area contributed by atoms with E-state index in [0.717, 1.165) is 15.6 Å². The highest BCUT2D eigenvalue weighted by Crippen LogP contribution is 2.16. The molecule has 2 aromatic rings. The molecule has 0 bridgehead atoms. The monoisotopic (exact) mass is 407 g/mol. The van der Waals surface area contributed by atoms with Crippen molar-refractivity contribution in [2.24, 2.45) is 0 Å². The summed E-state index contributed by atoms with van der Waals surface area (Å²) in [6.45, 7) is 0.425. The largest absolute Gasteiger partial charge is 0.357 e. The molecule has 2 aromatic carbocycles. The van der Waals surface area contributed by atoms with Crippen LogP contribution in [0.5, 0.6) is 0 Å². The van der Waals surface area contributed by atoms with Gasteiger partial charge in [0.1, 0.15) is 5.82 Å². The van der Waals surface area contributed by atoms with Crippen molar-refractivity contribution in [2.45, 2.75) is 6.54 Å². The van der Waals surface area contributed by atoms with Gasteiger partial charge in [0.25, 0.3) is 5.91 Å². The zero-order valence-electron chi connectivity index (χ0n) is 12.6. The fraction of sp³-hybridized carbons (Fsp3) is 0.0588. The van der Waals surface area contributed by atoms with Gasteiger partial charge in [-0.25, -0.2) is 4.39 Å². The average molecular weight is 408 g/mol. The third-order valence-corrected chi connectivity index (χ3v) is 3.95. The molecule has 2 rings (SSSR count). The molecule has 0 heterocycles. The van der Waals surface area contributed by atoms with Crippen molar-refractivity contribution in [1.82, 2.24) is 16.2 Å². The SMILES string of the molecule is O=C(/C=C/c1ccccc1Br)NNC(=S)NCc1ccc(F)cc1. The number of thiocarbonyl (C=S) groups is 1. The van der Waals surface area contributed by atoms with E-state index >= 15 is 0 Å². The molecule has 0 radical (unpaired) electrons. The maximum Gasteiger partial charge on any atom is 0.262 e. The summed E-state index contributed by atoms with van der Waals surface area (Å²) >= 11 is 8.46. The summed E-state index contributed by atoms with van der Waals surface area (Å²) in [5.41, 5.74) is 6.83. The van der Waals surface area contributed by atoms with Crippen LogP contribution in [-0.2, 0) is 11.3 Å². The number of nitrogens with one attached hydrogen (secondary N) is 3. The summed E-state index contributed by atoms with van der Waals surface area (Å²) < 4.78 is 13.7. The van der Waals surface area contributed by atoms with Gasteiger partial charge in [-0.05, 0) is 47.6 Å². The van der Waals surface area contributed by atoms with Crippen LogP contribution in [0.15, 0.2) is 59.1 Å². The molecule has 0 saturated heterocycles. The van der Waals surface area contributed by atoms with Crippen molar-refractivity contribution in [3.05, 3.63) is 76.0 Å². The summed E-state index contributed by atoms with van der Waals surface area (Å²) in [5, 5.41) is 3.17. The van der Waals surface area contributed by atoms with E-state index < -0.39 is 0 Å². The van der Waals surface area contributed by atoms with Crippen LogP contribution in [0.2, 0.25) is 0 Å². The quantitative estimate of drug-likeness (QED) is 0.413. The molecule has 3 N–H and O–H groups in total. The third-order valence-electron chi connectivity index (χ3n) is 2.99. The Morgan fingerprint density at radius 1 is 1.12 bits per heavy atom. The predicted octanol–water partition coefficient (Wildman–Crippen LogP) is 3.30. The Morgan fingerprint density at radius 3 is 2.54 bits per heavy atom. The normalized spacial score (nSPS) is 10.4. The van der Waals surface area contributed by atoms with Gasteiger partial charge in [0.15, 0.2) is 5.11 Å². The highest BCUT2D eigenvalue weighted by atomic mass is 79.9. The topological polar surface area (TPSA) is 53.2 Å². The molecule has 1 amide bonds. The van der Waals surface area contributed by atoms with Crippen LogP contribution in [0.3, 0.4) is 0 Å². The van der Waals surface area contributed by atoms with E-state index in [-0.39, 0.29) is 16.8 Å². The Kier molecular flexibility index (Phi) is 6.89. The molecule has 4 nitrogen and oxygen atoms in total. The number of amides is 1. The number of carbonyl (C=O) groups is 1. The number of carbonyl (C=O) groups excluding carboxylic acids is 1. The van der Waals surface area contributed by atoms with E-state index in [1.54, 1.807) is 18.2 Å². The first kappa shape index (κ1) is 18.1. The van der Waals surface area contributed by atoms with Crippen molar-refractivity contribution in [2.75, 3.05) is 0 Å². The number of hydrazine groups is 1. The summed E-state index contributed by atoms with van der Waals surface area (Å²) in [6.07, 6.45) is 3.09. The third kappa shape index (κ3) is 6.10. The smallest absolute Gasteiger partial charge is 0.262 e. The molecule has 0 spiro atoms. The minimum Gasteiger partial charge on any atom is -0.357 e. The van der Waals surface area contributed by atoms with Crippen molar-refractivity contribution in [3.63, 3.8) is 0 Å². The lowest BCUT2D eigenvalue weighted by Gasteiger charge is -2.10. The number of rotatable bonds is 4. The van der Waals surface area contributed by atoms with E-state index in [4.69, 9.17) is 12.2 Å². The number of halogens is 2. The fourth-order valence-corrected chi connectivity index (χ4v) is 2.30. The van der Waals surface area contributed by atoms with Crippen LogP contribution in [-0.4, -0.2) is 11.0 Å². The Balaban J connectivity index is 1.74. The van der Waals surface area contributed by atoms with Crippen molar-refractivity contribution in [1.29, 1.82) is 0 Å². The van der Waals surface area contributed by atoms with E-state index in [1.807, 2.05) is 24.3 Å². The van der Waals surface area contributed by atoms with E-state index in [2.05, 4.69) is 32.1 Å². The summed E-state index contributed by atoms with van der Waals surface area (Å²) in [7, 11) is 0. The molecule has 0 aliphatic carbocycles. The van der Waals surface area contributed by atoms with Crippen LogP contribution < -0.4 is 16.2 Å². The van der Waals surface area contributed by atoms with Crippen molar-refractivity contribution < 1.29 is 9.18 Å². The molecule has 0 aliphatic rings. The van der Waals surface area contributed by atoms with Crippen LogP contribution in [0.25, 0.3) is 6.08 Å². The maximum absolute atomic E-state index is 12.8. The van der Waals surface area contributed by atoms with Crippen LogP contribution in [0.4, 0.5) is 4.39 Å². The minimum atomic E-state index is -0.336. The van der Waals surface area contributed by atoms with Gasteiger partial charge >= 0.3 is 0 Å². The molecular weight excluding hydrogens is 393 g/mol. The van der Waals surface area contributed by atoms with E-state index in [9.17, 15) is 9.18 Å². The zero-order valence-corrected chi connectivity index (χ0v) is 15.0. The zero-order chi connectivity index (χ0) is 17.4. The first-order valence-corrected chi connectivity index (χ1v) is 8.25. The minimum absolute atomic E-state index is 0.266. The molecule has 0 fully saturated rings.